The Bertz CT molecular complexity index is 474. The molecule has 3 atom stereocenters. The van der Waals surface area contributed by atoms with Crippen LogP contribution in [0.25, 0.3) is 0 Å². The summed E-state index contributed by atoms with van der Waals surface area (Å²) in [7, 11) is 0. The zero-order valence-electron chi connectivity index (χ0n) is 14.0. The number of nitrogens with zero attached hydrogens (tertiary/aromatic N) is 2. The van der Waals surface area contributed by atoms with Crippen molar-refractivity contribution in [3.8, 4) is 0 Å². The molecule has 0 spiro atoms. The van der Waals surface area contributed by atoms with Crippen LogP contribution in [0.5, 0.6) is 0 Å². The fourth-order valence-corrected chi connectivity index (χ4v) is 3.28. The first-order valence-electron chi connectivity index (χ1n) is 7.90. The molecule has 7 heteroatoms. The van der Waals surface area contributed by atoms with E-state index >= 15 is 0 Å². The first kappa shape index (κ1) is 17.6. The summed E-state index contributed by atoms with van der Waals surface area (Å²) < 4.78 is 10.5. The second-order valence-corrected chi connectivity index (χ2v) is 7.08. The summed E-state index contributed by atoms with van der Waals surface area (Å²) in [6, 6.07) is -0.327. The molecule has 2 fully saturated rings. The maximum absolute atomic E-state index is 12.3. The number of aliphatic hydroxyl groups is 1. The van der Waals surface area contributed by atoms with E-state index in [1.54, 1.807) is 9.80 Å². The van der Waals surface area contributed by atoms with Gasteiger partial charge in [0.25, 0.3) is 0 Å². The Morgan fingerprint density at radius 1 is 1.26 bits per heavy atom. The third kappa shape index (κ3) is 3.96. The van der Waals surface area contributed by atoms with E-state index in [-0.39, 0.29) is 37.2 Å². The van der Waals surface area contributed by atoms with E-state index in [1.165, 1.54) is 6.08 Å². The average molecular weight is 326 g/mol. The third-order valence-electron chi connectivity index (χ3n) is 4.22. The Hall–Kier alpha value is -1.76. The molecule has 0 saturated carbocycles. The van der Waals surface area contributed by atoms with E-state index in [0.717, 1.165) is 0 Å². The molecule has 0 aromatic carbocycles. The van der Waals surface area contributed by atoms with Gasteiger partial charge in [-0.2, -0.15) is 0 Å². The molecule has 0 bridgehead atoms. The summed E-state index contributed by atoms with van der Waals surface area (Å²) >= 11 is 0. The van der Waals surface area contributed by atoms with Gasteiger partial charge >= 0.3 is 12.2 Å². The predicted octanol–water partition coefficient (Wildman–Crippen LogP) is 1.47. The van der Waals surface area contributed by atoms with Crippen LogP contribution in [0.3, 0.4) is 0 Å². The molecule has 0 radical (unpaired) electrons. The number of ether oxygens (including phenoxy) is 2. The minimum absolute atomic E-state index is 0.0452. The highest BCUT2D eigenvalue weighted by Gasteiger charge is 2.50. The number of likely N-dealkylation sites (tertiary alicyclic amines) is 2. The van der Waals surface area contributed by atoms with E-state index in [9.17, 15) is 14.7 Å². The van der Waals surface area contributed by atoms with Crippen LogP contribution < -0.4 is 0 Å². The second kappa shape index (κ2) is 6.78. The minimum Gasteiger partial charge on any atom is -0.445 e. The molecular weight excluding hydrogens is 300 g/mol. The highest BCUT2D eigenvalue weighted by Crippen LogP contribution is 2.37. The van der Waals surface area contributed by atoms with Gasteiger partial charge in [-0.15, -0.1) is 0 Å². The normalized spacial score (nSPS) is 26.9. The summed E-state index contributed by atoms with van der Waals surface area (Å²) in [6.07, 6.45) is 0.738. The lowest BCUT2D eigenvalue weighted by Crippen LogP contribution is -2.45. The first-order valence-corrected chi connectivity index (χ1v) is 7.90. The first-order chi connectivity index (χ1) is 10.8. The summed E-state index contributed by atoms with van der Waals surface area (Å²) in [5, 5.41) is 9.70. The maximum atomic E-state index is 12.3. The lowest BCUT2D eigenvalue weighted by atomic mass is 9.95. The van der Waals surface area contributed by atoms with Crippen molar-refractivity contribution < 1.29 is 24.2 Å². The molecule has 0 aromatic rings. The van der Waals surface area contributed by atoms with Gasteiger partial charge in [-0.3, -0.25) is 0 Å². The lowest BCUT2D eigenvalue weighted by Gasteiger charge is -2.30. The molecule has 2 aliphatic rings. The summed E-state index contributed by atoms with van der Waals surface area (Å²) in [5.41, 5.74) is -0.574. The van der Waals surface area contributed by atoms with Gasteiger partial charge in [-0.25, -0.2) is 9.59 Å². The lowest BCUT2D eigenvalue weighted by molar-refractivity contribution is 0.0131. The average Bonchev–Trinajstić information content (AvgIpc) is 2.99. The monoisotopic (exact) mass is 326 g/mol. The van der Waals surface area contributed by atoms with Crippen LogP contribution in [-0.2, 0) is 9.47 Å². The molecule has 0 aliphatic carbocycles. The number of carbonyl (C=O) groups excluding carboxylic acids is 2. The Balaban J connectivity index is 1.99. The molecular formula is C16H26N2O5. The number of amides is 2. The molecule has 23 heavy (non-hydrogen) atoms. The topological polar surface area (TPSA) is 79.3 Å². The third-order valence-corrected chi connectivity index (χ3v) is 4.22. The SMILES string of the molecule is C=CCOC(=O)N1CC2CN(C(=O)OC(C)(C)C)C(CO)C2C1. The Morgan fingerprint density at radius 2 is 1.96 bits per heavy atom. The van der Waals surface area contributed by atoms with Gasteiger partial charge in [-0.1, -0.05) is 12.7 Å². The Kier molecular flexibility index (Phi) is 5.19. The second-order valence-electron chi connectivity index (χ2n) is 7.08. The van der Waals surface area contributed by atoms with Crippen molar-refractivity contribution in [1.82, 2.24) is 9.80 Å². The predicted molar refractivity (Wildman–Crippen MR) is 83.9 cm³/mol. The van der Waals surface area contributed by atoms with Crippen molar-refractivity contribution in [2.24, 2.45) is 11.8 Å². The largest absolute Gasteiger partial charge is 0.445 e. The number of hydrogen-bond donors (Lipinski definition) is 1. The van der Waals surface area contributed by atoms with Gasteiger partial charge in [0.2, 0.25) is 0 Å². The molecule has 7 nitrogen and oxygen atoms in total. The van der Waals surface area contributed by atoms with Crippen LogP contribution in [0.2, 0.25) is 0 Å². The molecule has 2 rings (SSSR count). The summed E-state index contributed by atoms with van der Waals surface area (Å²) in [4.78, 5) is 27.4. The summed E-state index contributed by atoms with van der Waals surface area (Å²) in [5.74, 6) is 0.180. The molecule has 0 aromatic heterocycles. The van der Waals surface area contributed by atoms with E-state index < -0.39 is 11.7 Å². The number of rotatable bonds is 3. The zero-order valence-corrected chi connectivity index (χ0v) is 14.0. The molecule has 2 amide bonds. The maximum Gasteiger partial charge on any atom is 0.410 e. The number of fused-ring (bicyclic) bond motifs is 1. The van der Waals surface area contributed by atoms with Crippen LogP contribution in [0, 0.1) is 11.8 Å². The van der Waals surface area contributed by atoms with E-state index in [0.29, 0.717) is 19.6 Å². The quantitative estimate of drug-likeness (QED) is 0.795. The molecule has 3 unspecified atom stereocenters. The Morgan fingerprint density at radius 3 is 2.52 bits per heavy atom. The van der Waals surface area contributed by atoms with Crippen LogP contribution in [0.4, 0.5) is 9.59 Å². The van der Waals surface area contributed by atoms with Gasteiger partial charge < -0.3 is 24.4 Å². The Labute approximate surface area is 136 Å². The van der Waals surface area contributed by atoms with E-state index in [2.05, 4.69) is 6.58 Å². The van der Waals surface area contributed by atoms with Gasteiger partial charge in [0.1, 0.15) is 12.2 Å². The molecule has 1 N–H and O–H groups in total. The van der Waals surface area contributed by atoms with Gasteiger partial charge in [0.05, 0.1) is 12.6 Å². The fourth-order valence-electron chi connectivity index (χ4n) is 3.28. The zero-order chi connectivity index (χ0) is 17.2. The molecule has 2 saturated heterocycles. The van der Waals surface area contributed by atoms with Crippen molar-refractivity contribution in [3.05, 3.63) is 12.7 Å². The van der Waals surface area contributed by atoms with Crippen LogP contribution in [0.1, 0.15) is 20.8 Å². The number of hydrogen-bond acceptors (Lipinski definition) is 5. The number of carbonyl (C=O) groups is 2. The highest BCUT2D eigenvalue weighted by atomic mass is 16.6. The van der Waals surface area contributed by atoms with Crippen molar-refractivity contribution in [3.63, 3.8) is 0 Å². The van der Waals surface area contributed by atoms with Gasteiger partial charge in [0.15, 0.2) is 0 Å². The molecule has 2 aliphatic heterocycles. The molecule has 2 heterocycles. The van der Waals surface area contributed by atoms with Crippen molar-refractivity contribution in [2.75, 3.05) is 32.8 Å². The van der Waals surface area contributed by atoms with E-state index in [1.807, 2.05) is 20.8 Å². The van der Waals surface area contributed by atoms with Crippen molar-refractivity contribution in [2.45, 2.75) is 32.4 Å². The smallest absolute Gasteiger partial charge is 0.410 e. The van der Waals surface area contributed by atoms with Gasteiger partial charge in [0, 0.05) is 31.5 Å². The van der Waals surface area contributed by atoms with Crippen molar-refractivity contribution in [1.29, 1.82) is 0 Å². The van der Waals surface area contributed by atoms with E-state index in [4.69, 9.17) is 9.47 Å². The van der Waals surface area contributed by atoms with Gasteiger partial charge in [-0.05, 0) is 20.8 Å². The summed E-state index contributed by atoms with van der Waals surface area (Å²) in [6.45, 7) is 10.5. The van der Waals surface area contributed by atoms with Crippen LogP contribution >= 0.6 is 0 Å². The molecule has 130 valence electrons. The van der Waals surface area contributed by atoms with Crippen molar-refractivity contribution >= 4 is 12.2 Å². The fraction of sp³-hybridized carbons (Fsp3) is 0.750. The van der Waals surface area contributed by atoms with Crippen LogP contribution in [0.15, 0.2) is 12.7 Å². The number of aliphatic hydroxyl groups excluding tert-OH is 1. The highest BCUT2D eigenvalue weighted by molar-refractivity contribution is 5.70. The van der Waals surface area contributed by atoms with Crippen LogP contribution in [-0.4, -0.2) is 71.6 Å². The minimum atomic E-state index is -0.574. The standard InChI is InChI=1S/C16H26N2O5/c1-5-6-22-14(20)17-7-11-8-18(13(10-19)12(11)9-17)15(21)23-16(2,3)4/h5,11-13,19H,1,6-10H2,2-4H3.